The molecule has 0 saturated carbocycles. The minimum absolute atomic E-state index is 0.0463. The first-order valence-electron chi connectivity index (χ1n) is 3.01. The Labute approximate surface area is 63.6 Å². The number of rotatable bonds is 0. The maximum Gasteiger partial charge on any atom is 0.156 e. The number of fused-ring (bicyclic) bond motifs is 1. The summed E-state index contributed by atoms with van der Waals surface area (Å²) in [7, 11) is 0. The minimum atomic E-state index is -0.0463. The van der Waals surface area contributed by atoms with Crippen LogP contribution in [0.1, 0.15) is 0 Å². The minimum Gasteiger partial charge on any atom is -0.237 e. The summed E-state index contributed by atoms with van der Waals surface area (Å²) in [5.74, 6) is 0.752. The van der Waals surface area contributed by atoms with Crippen LogP contribution in [0.5, 0.6) is 0 Å². The van der Waals surface area contributed by atoms with Gasteiger partial charge in [-0.1, -0.05) is 0 Å². The van der Waals surface area contributed by atoms with E-state index in [1.807, 2.05) is 12.2 Å². The Kier molecular flexibility index (Phi) is 1.21. The van der Waals surface area contributed by atoms with E-state index < -0.39 is 0 Å². The van der Waals surface area contributed by atoms with E-state index in [9.17, 15) is 0 Å². The molecule has 0 unspecified atom stereocenters. The summed E-state index contributed by atoms with van der Waals surface area (Å²) >= 11 is 5.90. The van der Waals surface area contributed by atoms with Crippen molar-refractivity contribution < 1.29 is 0 Å². The normalized spacial score (nSPS) is 27.9. The molecule has 0 saturated heterocycles. The van der Waals surface area contributed by atoms with Gasteiger partial charge in [-0.15, -0.1) is 11.6 Å². The van der Waals surface area contributed by atoms with Gasteiger partial charge in [0.1, 0.15) is 0 Å². The molecule has 0 fully saturated rings. The second-order valence-corrected chi connectivity index (χ2v) is 2.57. The van der Waals surface area contributed by atoms with E-state index >= 15 is 0 Å². The van der Waals surface area contributed by atoms with Gasteiger partial charge in [-0.2, -0.15) is 0 Å². The van der Waals surface area contributed by atoms with Crippen LogP contribution >= 0.6 is 11.6 Å². The van der Waals surface area contributed by atoms with E-state index in [4.69, 9.17) is 11.6 Å². The van der Waals surface area contributed by atoms with Crippen molar-refractivity contribution in [2.75, 3.05) is 0 Å². The standard InChI is InChI=1S/C7H5ClN2/c8-6-2-4-10-7-5(6)1-3-9-7/h1-4,6H/t6-/m1/s1. The topological polar surface area (TPSA) is 24.7 Å². The van der Waals surface area contributed by atoms with Crippen LogP contribution in [0.25, 0.3) is 0 Å². The molecule has 0 bridgehead atoms. The molecular formula is C7H5ClN2. The van der Waals surface area contributed by atoms with Crippen molar-refractivity contribution in [1.29, 1.82) is 0 Å². The average Bonchev–Trinajstić information content (AvgIpc) is 2.36. The van der Waals surface area contributed by atoms with Crippen molar-refractivity contribution in [3.05, 3.63) is 23.9 Å². The van der Waals surface area contributed by atoms with Crippen molar-refractivity contribution >= 4 is 23.7 Å². The third-order valence-corrected chi connectivity index (χ3v) is 1.84. The Bertz CT molecular complexity index is 273. The lowest BCUT2D eigenvalue weighted by Gasteiger charge is -2.08. The first kappa shape index (κ1) is 5.86. The Morgan fingerprint density at radius 3 is 3.20 bits per heavy atom. The van der Waals surface area contributed by atoms with Gasteiger partial charge < -0.3 is 0 Å². The molecule has 10 heavy (non-hydrogen) atoms. The Balaban J connectivity index is 2.45. The van der Waals surface area contributed by atoms with E-state index in [-0.39, 0.29) is 5.38 Å². The highest BCUT2D eigenvalue weighted by Crippen LogP contribution is 2.20. The first-order chi connectivity index (χ1) is 4.88. The number of halogens is 1. The molecule has 50 valence electrons. The van der Waals surface area contributed by atoms with Crippen molar-refractivity contribution in [1.82, 2.24) is 0 Å². The molecule has 0 N–H and O–H groups in total. The monoisotopic (exact) mass is 152 g/mol. The SMILES string of the molecule is Cl[C@@H]1C=CN=C2N=CC=C21. The van der Waals surface area contributed by atoms with Crippen LogP contribution in [0.3, 0.4) is 0 Å². The predicted octanol–water partition coefficient (Wildman–Crippen LogP) is 1.53. The molecule has 0 spiro atoms. The lowest BCUT2D eigenvalue weighted by atomic mass is 10.1. The van der Waals surface area contributed by atoms with Gasteiger partial charge in [0.15, 0.2) is 5.84 Å². The molecule has 0 aromatic heterocycles. The highest BCUT2D eigenvalue weighted by atomic mass is 35.5. The number of alkyl halides is 1. The van der Waals surface area contributed by atoms with E-state index in [1.54, 1.807) is 12.4 Å². The molecule has 2 nitrogen and oxygen atoms in total. The second kappa shape index (κ2) is 2.06. The lowest BCUT2D eigenvalue weighted by Crippen LogP contribution is -2.09. The van der Waals surface area contributed by atoms with E-state index in [1.165, 1.54) is 0 Å². The van der Waals surface area contributed by atoms with E-state index in [2.05, 4.69) is 9.98 Å². The van der Waals surface area contributed by atoms with Crippen LogP contribution in [0.4, 0.5) is 0 Å². The van der Waals surface area contributed by atoms with E-state index in [0.717, 1.165) is 11.4 Å². The van der Waals surface area contributed by atoms with Gasteiger partial charge in [-0.3, -0.25) is 0 Å². The summed E-state index contributed by atoms with van der Waals surface area (Å²) in [5, 5.41) is -0.0463. The van der Waals surface area contributed by atoms with Gasteiger partial charge in [0.05, 0.1) is 5.38 Å². The summed E-state index contributed by atoms with van der Waals surface area (Å²) in [4.78, 5) is 8.03. The number of nitrogens with zero attached hydrogens (tertiary/aromatic N) is 2. The molecule has 2 rings (SSSR count). The summed E-state index contributed by atoms with van der Waals surface area (Å²) < 4.78 is 0. The Morgan fingerprint density at radius 1 is 1.50 bits per heavy atom. The number of allylic oxidation sites excluding steroid dienone is 2. The van der Waals surface area contributed by atoms with Crippen molar-refractivity contribution in [3.63, 3.8) is 0 Å². The van der Waals surface area contributed by atoms with Gasteiger partial charge in [0, 0.05) is 18.0 Å². The Morgan fingerprint density at radius 2 is 2.40 bits per heavy atom. The number of hydrogen-bond acceptors (Lipinski definition) is 2. The molecule has 0 amide bonds. The summed E-state index contributed by atoms with van der Waals surface area (Å²) in [6, 6.07) is 0. The zero-order valence-corrected chi connectivity index (χ0v) is 5.92. The molecule has 2 aliphatic heterocycles. The molecule has 1 atom stereocenters. The maximum absolute atomic E-state index is 5.90. The highest BCUT2D eigenvalue weighted by Gasteiger charge is 2.18. The smallest absolute Gasteiger partial charge is 0.156 e. The first-order valence-corrected chi connectivity index (χ1v) is 3.45. The molecule has 0 aliphatic carbocycles. The summed E-state index contributed by atoms with van der Waals surface area (Å²) in [5.41, 5.74) is 1.00. The quantitative estimate of drug-likeness (QED) is 0.471. The molecule has 0 radical (unpaired) electrons. The van der Waals surface area contributed by atoms with Gasteiger partial charge in [-0.05, 0) is 12.2 Å². The van der Waals surface area contributed by atoms with Crippen molar-refractivity contribution in [2.24, 2.45) is 9.98 Å². The zero-order valence-electron chi connectivity index (χ0n) is 5.16. The fourth-order valence-electron chi connectivity index (χ4n) is 0.953. The Hall–Kier alpha value is -0.890. The lowest BCUT2D eigenvalue weighted by molar-refractivity contribution is 1.25. The molecule has 0 aromatic carbocycles. The van der Waals surface area contributed by atoms with Gasteiger partial charge in [-0.25, -0.2) is 9.98 Å². The van der Waals surface area contributed by atoms with Crippen LogP contribution in [0, 0.1) is 0 Å². The fourth-order valence-corrected chi connectivity index (χ4v) is 1.19. The van der Waals surface area contributed by atoms with Crippen molar-refractivity contribution in [3.8, 4) is 0 Å². The third-order valence-electron chi connectivity index (χ3n) is 1.46. The predicted molar refractivity (Wildman–Crippen MR) is 42.8 cm³/mol. The maximum atomic E-state index is 5.90. The summed E-state index contributed by atoms with van der Waals surface area (Å²) in [6.07, 6.45) is 7.13. The fraction of sp³-hybridized carbons (Fsp3) is 0.143. The molecule has 2 aliphatic rings. The van der Waals surface area contributed by atoms with E-state index in [0.29, 0.717) is 0 Å². The molecular weight excluding hydrogens is 148 g/mol. The highest BCUT2D eigenvalue weighted by molar-refractivity contribution is 6.29. The second-order valence-electron chi connectivity index (χ2n) is 2.10. The average molecular weight is 153 g/mol. The van der Waals surface area contributed by atoms with Crippen LogP contribution in [0.15, 0.2) is 33.9 Å². The largest absolute Gasteiger partial charge is 0.237 e. The molecule has 2 heterocycles. The van der Waals surface area contributed by atoms with Crippen LogP contribution in [-0.2, 0) is 0 Å². The molecule has 0 aromatic rings. The molecule has 3 heteroatoms. The van der Waals surface area contributed by atoms with Crippen molar-refractivity contribution in [2.45, 2.75) is 5.38 Å². The number of amidine groups is 1. The van der Waals surface area contributed by atoms with Crippen LogP contribution in [0.2, 0.25) is 0 Å². The van der Waals surface area contributed by atoms with Gasteiger partial charge in [0.25, 0.3) is 0 Å². The van der Waals surface area contributed by atoms with Gasteiger partial charge >= 0.3 is 0 Å². The number of hydrogen-bond donors (Lipinski definition) is 0. The number of aliphatic imine (C=N–C) groups is 2. The third kappa shape index (κ3) is 0.727. The van der Waals surface area contributed by atoms with Crippen LogP contribution in [-0.4, -0.2) is 17.4 Å². The zero-order chi connectivity index (χ0) is 6.97. The summed E-state index contributed by atoms with van der Waals surface area (Å²) in [6.45, 7) is 0. The van der Waals surface area contributed by atoms with Crippen LogP contribution < -0.4 is 0 Å². The van der Waals surface area contributed by atoms with Gasteiger partial charge in [0.2, 0.25) is 0 Å².